The molecule has 1 aromatic heterocycles. The van der Waals surface area contributed by atoms with Crippen molar-refractivity contribution in [1.82, 2.24) is 10.2 Å². The summed E-state index contributed by atoms with van der Waals surface area (Å²) in [7, 11) is 1.61. The van der Waals surface area contributed by atoms with Crippen molar-refractivity contribution in [2.24, 2.45) is 0 Å². The molecule has 2 heterocycles. The second-order valence-corrected chi connectivity index (χ2v) is 5.86. The van der Waals surface area contributed by atoms with Crippen LogP contribution in [0.1, 0.15) is 36.2 Å². The Morgan fingerprint density at radius 1 is 1.00 bits per heavy atom. The molecule has 2 aromatic rings. The van der Waals surface area contributed by atoms with Gasteiger partial charge in [-0.1, -0.05) is 12.8 Å². The quantitative estimate of drug-likeness (QED) is 0.935. The van der Waals surface area contributed by atoms with Crippen LogP contribution in [0.2, 0.25) is 0 Å². The van der Waals surface area contributed by atoms with Gasteiger partial charge in [0, 0.05) is 18.8 Å². The number of amides is 1. The molecule has 1 fully saturated rings. The lowest BCUT2D eigenvalue weighted by Gasteiger charge is -2.20. The van der Waals surface area contributed by atoms with Crippen molar-refractivity contribution >= 4 is 17.4 Å². The smallest absolute Gasteiger partial charge is 0.276 e. The van der Waals surface area contributed by atoms with Gasteiger partial charge in [0.2, 0.25) is 0 Å². The Morgan fingerprint density at radius 2 is 1.71 bits per heavy atom. The van der Waals surface area contributed by atoms with E-state index in [-0.39, 0.29) is 5.91 Å². The van der Waals surface area contributed by atoms with Gasteiger partial charge in [-0.05, 0) is 49.2 Å². The van der Waals surface area contributed by atoms with Crippen molar-refractivity contribution in [3.05, 3.63) is 42.1 Å². The number of benzene rings is 1. The Morgan fingerprint density at radius 3 is 2.29 bits per heavy atom. The molecule has 1 aliphatic rings. The maximum atomic E-state index is 12.3. The predicted octanol–water partition coefficient (Wildman–Crippen LogP) is 3.12. The number of aromatic nitrogens is 2. The summed E-state index contributed by atoms with van der Waals surface area (Å²) in [6, 6.07) is 10.8. The Kier molecular flexibility index (Phi) is 5.25. The van der Waals surface area contributed by atoms with Gasteiger partial charge in [-0.25, -0.2) is 0 Å². The molecule has 0 atom stereocenters. The third-order valence-electron chi connectivity index (χ3n) is 4.16. The molecule has 0 saturated carbocycles. The molecular weight excluding hydrogens is 304 g/mol. The number of carbonyl (C=O) groups is 1. The van der Waals surface area contributed by atoms with Crippen LogP contribution in [-0.4, -0.2) is 36.3 Å². The van der Waals surface area contributed by atoms with Crippen molar-refractivity contribution in [1.29, 1.82) is 0 Å². The number of hydrogen-bond donors (Lipinski definition) is 1. The van der Waals surface area contributed by atoms with Crippen LogP contribution < -0.4 is 15.0 Å². The molecule has 126 valence electrons. The number of hydrogen-bond acceptors (Lipinski definition) is 5. The zero-order valence-electron chi connectivity index (χ0n) is 13.9. The van der Waals surface area contributed by atoms with Crippen LogP contribution in [0.5, 0.6) is 5.75 Å². The first-order chi connectivity index (χ1) is 11.8. The van der Waals surface area contributed by atoms with E-state index in [9.17, 15) is 4.79 Å². The molecule has 1 amide bonds. The van der Waals surface area contributed by atoms with Gasteiger partial charge in [0.25, 0.3) is 5.91 Å². The number of anilines is 2. The fourth-order valence-corrected chi connectivity index (χ4v) is 2.78. The number of carbonyl (C=O) groups excluding carboxylic acids is 1. The van der Waals surface area contributed by atoms with E-state index in [1.54, 1.807) is 37.4 Å². The molecule has 1 saturated heterocycles. The zero-order valence-corrected chi connectivity index (χ0v) is 13.9. The molecule has 0 aliphatic carbocycles. The number of methoxy groups -OCH3 is 1. The van der Waals surface area contributed by atoms with E-state index < -0.39 is 0 Å². The van der Waals surface area contributed by atoms with Crippen molar-refractivity contribution in [3.8, 4) is 5.75 Å². The first-order valence-corrected chi connectivity index (χ1v) is 8.30. The van der Waals surface area contributed by atoms with E-state index in [0.29, 0.717) is 11.4 Å². The minimum absolute atomic E-state index is 0.268. The fourth-order valence-electron chi connectivity index (χ4n) is 2.78. The molecule has 0 spiro atoms. The largest absolute Gasteiger partial charge is 0.497 e. The highest BCUT2D eigenvalue weighted by molar-refractivity contribution is 6.02. The van der Waals surface area contributed by atoms with Crippen LogP contribution in [0.15, 0.2) is 36.4 Å². The summed E-state index contributed by atoms with van der Waals surface area (Å²) < 4.78 is 5.10. The molecule has 1 aromatic carbocycles. The maximum Gasteiger partial charge on any atom is 0.276 e. The van der Waals surface area contributed by atoms with Gasteiger partial charge in [0.1, 0.15) is 5.75 Å². The van der Waals surface area contributed by atoms with Gasteiger partial charge < -0.3 is 15.0 Å². The molecule has 0 bridgehead atoms. The summed E-state index contributed by atoms with van der Waals surface area (Å²) >= 11 is 0. The summed E-state index contributed by atoms with van der Waals surface area (Å²) in [5, 5.41) is 11.1. The third kappa shape index (κ3) is 4.01. The first kappa shape index (κ1) is 16.2. The van der Waals surface area contributed by atoms with Gasteiger partial charge in [0.15, 0.2) is 11.5 Å². The number of ether oxygens (including phenoxy) is 1. The Hall–Kier alpha value is -2.63. The fraction of sp³-hybridized carbons (Fsp3) is 0.389. The van der Waals surface area contributed by atoms with Gasteiger partial charge in [-0.15, -0.1) is 10.2 Å². The standard InChI is InChI=1S/C18H22N4O2/c1-24-15-8-6-14(7-9-15)19-18(23)16-10-11-17(21-20-16)22-12-4-2-3-5-13-22/h6-11H,2-5,12-13H2,1H3,(H,19,23). The van der Waals surface area contributed by atoms with E-state index in [1.807, 2.05) is 6.07 Å². The summed E-state index contributed by atoms with van der Waals surface area (Å²) in [5.74, 6) is 1.32. The number of nitrogens with zero attached hydrogens (tertiary/aromatic N) is 3. The van der Waals surface area contributed by atoms with Crippen LogP contribution in [0.4, 0.5) is 11.5 Å². The predicted molar refractivity (Wildman–Crippen MR) is 93.7 cm³/mol. The van der Waals surface area contributed by atoms with Crippen molar-refractivity contribution in [3.63, 3.8) is 0 Å². The minimum atomic E-state index is -0.268. The molecule has 6 heteroatoms. The van der Waals surface area contributed by atoms with E-state index in [0.717, 1.165) is 24.7 Å². The lowest BCUT2D eigenvalue weighted by atomic mass is 10.2. The van der Waals surface area contributed by atoms with Crippen molar-refractivity contribution in [2.75, 3.05) is 30.4 Å². The highest BCUT2D eigenvalue weighted by Crippen LogP contribution is 2.18. The Labute approximate surface area is 141 Å². The summed E-state index contributed by atoms with van der Waals surface area (Å²) in [5.41, 5.74) is 1.00. The lowest BCUT2D eigenvalue weighted by Crippen LogP contribution is -2.25. The van der Waals surface area contributed by atoms with E-state index in [2.05, 4.69) is 20.4 Å². The monoisotopic (exact) mass is 326 g/mol. The third-order valence-corrected chi connectivity index (χ3v) is 4.16. The second-order valence-electron chi connectivity index (χ2n) is 5.86. The molecule has 24 heavy (non-hydrogen) atoms. The second kappa shape index (κ2) is 7.77. The normalized spacial score (nSPS) is 14.8. The molecule has 6 nitrogen and oxygen atoms in total. The average Bonchev–Trinajstić information content (AvgIpc) is 2.92. The van der Waals surface area contributed by atoms with Crippen molar-refractivity contribution in [2.45, 2.75) is 25.7 Å². The Balaban J connectivity index is 1.64. The van der Waals surface area contributed by atoms with E-state index in [4.69, 9.17) is 4.74 Å². The highest BCUT2D eigenvalue weighted by Gasteiger charge is 2.13. The molecule has 3 rings (SSSR count). The molecule has 0 radical (unpaired) electrons. The zero-order chi connectivity index (χ0) is 16.8. The van der Waals surface area contributed by atoms with Crippen LogP contribution in [0, 0.1) is 0 Å². The topological polar surface area (TPSA) is 67.3 Å². The van der Waals surface area contributed by atoms with Gasteiger partial charge in [-0.2, -0.15) is 0 Å². The minimum Gasteiger partial charge on any atom is -0.497 e. The molecule has 0 unspecified atom stereocenters. The SMILES string of the molecule is COc1ccc(NC(=O)c2ccc(N3CCCCCC3)nn2)cc1. The summed E-state index contributed by atoms with van der Waals surface area (Å²) in [4.78, 5) is 14.5. The van der Waals surface area contributed by atoms with E-state index in [1.165, 1.54) is 25.7 Å². The average molecular weight is 326 g/mol. The van der Waals surface area contributed by atoms with E-state index >= 15 is 0 Å². The summed E-state index contributed by atoms with van der Waals surface area (Å²) in [6.07, 6.45) is 4.90. The first-order valence-electron chi connectivity index (χ1n) is 8.30. The number of rotatable bonds is 4. The Bertz CT molecular complexity index is 662. The van der Waals surface area contributed by atoms with Gasteiger partial charge >= 0.3 is 0 Å². The van der Waals surface area contributed by atoms with Crippen LogP contribution in [0.25, 0.3) is 0 Å². The van der Waals surface area contributed by atoms with Crippen LogP contribution >= 0.6 is 0 Å². The summed E-state index contributed by atoms with van der Waals surface area (Å²) in [6.45, 7) is 2.01. The molecule has 1 aliphatic heterocycles. The van der Waals surface area contributed by atoms with Gasteiger partial charge in [0.05, 0.1) is 7.11 Å². The van der Waals surface area contributed by atoms with Crippen LogP contribution in [-0.2, 0) is 0 Å². The van der Waals surface area contributed by atoms with Crippen LogP contribution in [0.3, 0.4) is 0 Å². The maximum absolute atomic E-state index is 12.3. The molecular formula is C18H22N4O2. The number of nitrogens with one attached hydrogen (secondary N) is 1. The highest BCUT2D eigenvalue weighted by atomic mass is 16.5. The molecule has 1 N–H and O–H groups in total. The lowest BCUT2D eigenvalue weighted by molar-refractivity contribution is 0.102. The van der Waals surface area contributed by atoms with Gasteiger partial charge in [-0.3, -0.25) is 4.79 Å². The van der Waals surface area contributed by atoms with Crippen molar-refractivity contribution < 1.29 is 9.53 Å².